The van der Waals surface area contributed by atoms with Gasteiger partial charge in [0.2, 0.25) is 6.29 Å². The summed E-state index contributed by atoms with van der Waals surface area (Å²) in [6, 6.07) is 0. The molecule has 3 aliphatic heterocycles. The summed E-state index contributed by atoms with van der Waals surface area (Å²) < 4.78 is 35.0. The van der Waals surface area contributed by atoms with Crippen LogP contribution >= 0.6 is 0 Å². The van der Waals surface area contributed by atoms with E-state index in [1.54, 1.807) is 6.92 Å². The van der Waals surface area contributed by atoms with E-state index in [4.69, 9.17) is 28.4 Å². The van der Waals surface area contributed by atoms with E-state index >= 15 is 4.79 Å². The highest BCUT2D eigenvalue weighted by Crippen LogP contribution is 2.76. The molecule has 20 heteroatoms. The predicted octanol–water partition coefficient (Wildman–Crippen LogP) is -0.795. The number of esters is 1. The third kappa shape index (κ3) is 8.03. The fourth-order valence-electron chi connectivity index (χ4n) is 14.8. The lowest BCUT2D eigenvalue weighted by atomic mass is 9.33. The average molecular weight is 973 g/mol. The van der Waals surface area contributed by atoms with Crippen molar-refractivity contribution < 1.29 is 99.3 Å². The Morgan fingerprint density at radius 1 is 0.647 bits per heavy atom. The maximum atomic E-state index is 15.3. The highest BCUT2D eigenvalue weighted by molar-refractivity contribution is 5.79. The van der Waals surface area contributed by atoms with E-state index in [2.05, 4.69) is 40.7 Å². The normalized spacial score (nSPS) is 53.4. The molecule has 0 radical (unpaired) electrons. The molecule has 8 aliphatic rings. The molecule has 8 rings (SSSR count). The molecule has 12 N–H and O–H groups in total. The zero-order chi connectivity index (χ0) is 49.8. The zero-order valence-corrected chi connectivity index (χ0v) is 39.9. The highest BCUT2D eigenvalue weighted by atomic mass is 16.8. The Kier molecular flexibility index (Phi) is 14.3. The van der Waals surface area contributed by atoms with E-state index in [1.807, 2.05) is 0 Å². The fraction of sp³-hybridized carbons (Fsp3) is 0.917. The number of ether oxygens (including phenoxy) is 6. The summed E-state index contributed by atoms with van der Waals surface area (Å²) >= 11 is 0. The van der Waals surface area contributed by atoms with Crippen molar-refractivity contribution in [2.45, 2.75) is 204 Å². The van der Waals surface area contributed by atoms with Crippen molar-refractivity contribution in [1.82, 2.24) is 0 Å². The SMILES string of the molecule is CC1(C)CC[C@]2(C(=O)O[C@@H]3O[C@H](CO[C@@H]4O[C@H](CO)[C@@H](O)[C@H](O)[C@H]4O)[C@@H](O)[C@H](O[C@@H]4O[C@H](CO)[C@@H](O)[C@H](O)[C@H]4O)[C@H]3O)CC[C@]3(C)C(=CC[C@@H]4[C@]5(C)CC[C@@H](O)[C@@](C)(C(=O)O)[C@H]5CC[C@]43C)[C@H]2C1. The summed E-state index contributed by atoms with van der Waals surface area (Å²) in [5.41, 5.74) is -2.48. The summed E-state index contributed by atoms with van der Waals surface area (Å²) in [5, 5.41) is 128. The number of rotatable bonds is 10. The number of aliphatic carboxylic acids is 1. The van der Waals surface area contributed by atoms with Crippen LogP contribution in [-0.4, -0.2) is 191 Å². The summed E-state index contributed by atoms with van der Waals surface area (Å²) in [6.45, 7) is 10.6. The van der Waals surface area contributed by atoms with Crippen molar-refractivity contribution in [3.8, 4) is 0 Å². The molecule has 3 heterocycles. The van der Waals surface area contributed by atoms with Crippen LogP contribution < -0.4 is 0 Å². The van der Waals surface area contributed by atoms with Crippen molar-refractivity contribution in [1.29, 1.82) is 0 Å². The van der Waals surface area contributed by atoms with Crippen LogP contribution in [0.15, 0.2) is 11.6 Å². The van der Waals surface area contributed by atoms with Gasteiger partial charge >= 0.3 is 11.9 Å². The summed E-state index contributed by atoms with van der Waals surface area (Å²) in [6.07, 6.45) is -19.1. The standard InChI is InChI=1S/C48H76O20/c1-43(2)13-15-48(16-14-45(4)21(22(48)17-43)7-8-26-44(3)11-10-28(51)47(6,41(60)61)27(44)9-12-46(26,45)5)42(62)68-40-36(59)37(67-39-35(58)33(56)30(53)24(19-50)65-39)31(54)25(66-40)20-63-38-34(57)32(55)29(52)23(18-49)64-38/h7,22-40,49-59H,8-20H2,1-6H3,(H,60,61)/t22-,23-,24-,25-,26-,27+,28-,29-,30-,31-,32+,33+,34-,35-,36-,37+,38-,39+,40+,44+,45-,46-,47+,48+/m1/s1. The molecule has 0 aromatic carbocycles. The van der Waals surface area contributed by atoms with Crippen LogP contribution in [0.25, 0.3) is 0 Å². The maximum absolute atomic E-state index is 15.3. The van der Waals surface area contributed by atoms with Crippen LogP contribution in [0.2, 0.25) is 0 Å². The van der Waals surface area contributed by atoms with Gasteiger partial charge in [-0.1, -0.05) is 46.3 Å². The van der Waals surface area contributed by atoms with E-state index in [-0.39, 0.29) is 34.0 Å². The fourth-order valence-corrected chi connectivity index (χ4v) is 14.8. The molecular weight excluding hydrogens is 897 g/mol. The van der Waals surface area contributed by atoms with Crippen LogP contribution in [0, 0.1) is 50.2 Å². The topological polar surface area (TPSA) is 332 Å². The molecule has 0 aromatic heterocycles. The van der Waals surface area contributed by atoms with Crippen LogP contribution in [0.4, 0.5) is 0 Å². The molecule has 0 bridgehead atoms. The number of carbonyl (C=O) groups is 2. The maximum Gasteiger partial charge on any atom is 0.315 e. The predicted molar refractivity (Wildman–Crippen MR) is 232 cm³/mol. The van der Waals surface area contributed by atoms with Crippen LogP contribution in [0.5, 0.6) is 0 Å². The van der Waals surface area contributed by atoms with Crippen molar-refractivity contribution in [3.05, 3.63) is 11.6 Å². The Hall–Kier alpha value is -1.96. The van der Waals surface area contributed by atoms with E-state index < -0.39 is 146 Å². The smallest absolute Gasteiger partial charge is 0.315 e. The Morgan fingerprint density at radius 2 is 1.24 bits per heavy atom. The van der Waals surface area contributed by atoms with E-state index in [0.29, 0.717) is 57.8 Å². The van der Waals surface area contributed by atoms with E-state index in [1.165, 1.54) is 0 Å². The number of carboxylic acid groups (broad SMARTS) is 1. The molecule has 24 atom stereocenters. The second-order valence-corrected chi connectivity index (χ2v) is 23.3. The Bertz CT molecular complexity index is 1900. The first-order valence-corrected chi connectivity index (χ1v) is 24.5. The number of carbonyl (C=O) groups excluding carboxylic acids is 1. The third-order valence-corrected chi connectivity index (χ3v) is 19.4. The molecule has 5 aliphatic carbocycles. The first-order chi connectivity index (χ1) is 31.8. The van der Waals surface area contributed by atoms with Gasteiger partial charge in [0.15, 0.2) is 12.6 Å². The third-order valence-electron chi connectivity index (χ3n) is 19.4. The minimum absolute atomic E-state index is 0.102. The number of aliphatic hydroxyl groups excluding tert-OH is 11. The molecule has 388 valence electrons. The molecule has 0 amide bonds. The van der Waals surface area contributed by atoms with Crippen LogP contribution in [-0.2, 0) is 38.0 Å². The number of aliphatic hydroxyl groups is 11. The summed E-state index contributed by atoms with van der Waals surface area (Å²) in [5.74, 6) is -2.09. The van der Waals surface area contributed by atoms with Crippen molar-refractivity contribution >= 4 is 11.9 Å². The molecule has 0 unspecified atom stereocenters. The second-order valence-electron chi connectivity index (χ2n) is 23.3. The largest absolute Gasteiger partial charge is 0.481 e. The van der Waals surface area contributed by atoms with Gasteiger partial charge in [-0.2, -0.15) is 0 Å². The van der Waals surface area contributed by atoms with E-state index in [0.717, 1.165) is 12.0 Å². The first-order valence-electron chi connectivity index (χ1n) is 24.5. The van der Waals surface area contributed by atoms with Gasteiger partial charge in [0.1, 0.15) is 73.2 Å². The second kappa shape index (κ2) is 18.5. The van der Waals surface area contributed by atoms with Gasteiger partial charge in [-0.05, 0) is 111 Å². The van der Waals surface area contributed by atoms with Gasteiger partial charge in [0.05, 0.1) is 36.8 Å². The lowest BCUT2D eigenvalue weighted by molar-refractivity contribution is -0.363. The Balaban J connectivity index is 1.09. The van der Waals surface area contributed by atoms with E-state index in [9.17, 15) is 66.1 Å². The number of carboxylic acids is 1. The Labute approximate surface area is 396 Å². The van der Waals surface area contributed by atoms with Gasteiger partial charge in [-0.15, -0.1) is 0 Å². The number of hydrogen-bond donors (Lipinski definition) is 12. The van der Waals surface area contributed by atoms with Gasteiger partial charge in [0.25, 0.3) is 0 Å². The monoisotopic (exact) mass is 972 g/mol. The molecule has 0 aromatic rings. The van der Waals surface area contributed by atoms with Crippen molar-refractivity contribution in [3.63, 3.8) is 0 Å². The van der Waals surface area contributed by atoms with Crippen molar-refractivity contribution in [2.75, 3.05) is 19.8 Å². The lowest BCUT2D eigenvalue weighted by Gasteiger charge is -2.71. The minimum Gasteiger partial charge on any atom is -0.481 e. The summed E-state index contributed by atoms with van der Waals surface area (Å²) in [7, 11) is 0. The average Bonchev–Trinajstić information content (AvgIpc) is 3.29. The lowest BCUT2D eigenvalue weighted by Crippen LogP contribution is -2.67. The molecule has 4 saturated carbocycles. The van der Waals surface area contributed by atoms with Gasteiger partial charge in [0, 0.05) is 0 Å². The Morgan fingerprint density at radius 3 is 1.85 bits per heavy atom. The molecule has 7 fully saturated rings. The zero-order valence-electron chi connectivity index (χ0n) is 39.9. The quantitative estimate of drug-likeness (QED) is 0.0942. The van der Waals surface area contributed by atoms with Gasteiger partial charge < -0.3 is 89.7 Å². The minimum atomic E-state index is -1.98. The van der Waals surface area contributed by atoms with Gasteiger partial charge in [-0.3, -0.25) is 9.59 Å². The van der Waals surface area contributed by atoms with Gasteiger partial charge in [-0.25, -0.2) is 0 Å². The number of hydrogen-bond acceptors (Lipinski definition) is 19. The van der Waals surface area contributed by atoms with Crippen LogP contribution in [0.3, 0.4) is 0 Å². The molecule has 20 nitrogen and oxygen atoms in total. The summed E-state index contributed by atoms with van der Waals surface area (Å²) in [4.78, 5) is 28.2. The molecule has 3 saturated heterocycles. The van der Waals surface area contributed by atoms with Crippen molar-refractivity contribution in [2.24, 2.45) is 50.2 Å². The number of fused-ring (bicyclic) bond motifs is 7. The molecule has 0 spiro atoms. The molecule has 68 heavy (non-hydrogen) atoms. The highest BCUT2D eigenvalue weighted by Gasteiger charge is 2.71. The molecular formula is C48H76O20. The number of allylic oxidation sites excluding steroid dienone is 2. The first kappa shape index (κ1) is 52.4. The van der Waals surface area contributed by atoms with Crippen LogP contribution in [0.1, 0.15) is 106 Å².